The van der Waals surface area contributed by atoms with Gasteiger partial charge >= 0.3 is 5.69 Å². The van der Waals surface area contributed by atoms with Crippen molar-refractivity contribution in [3.63, 3.8) is 0 Å². The summed E-state index contributed by atoms with van der Waals surface area (Å²) in [6.07, 6.45) is 0. The molecule has 0 spiro atoms. The predicted octanol–water partition coefficient (Wildman–Crippen LogP) is 2.91. The van der Waals surface area contributed by atoms with E-state index in [1.54, 1.807) is 13.8 Å². The molecule has 0 saturated carbocycles. The lowest BCUT2D eigenvalue weighted by Crippen LogP contribution is -2.21. The summed E-state index contributed by atoms with van der Waals surface area (Å²) in [5.74, 6) is -0.314. The zero-order valence-electron chi connectivity index (χ0n) is 16.3. The highest BCUT2D eigenvalue weighted by atomic mass is 16.6. The molecular weight excluding hydrogens is 360 g/mol. The van der Waals surface area contributed by atoms with Gasteiger partial charge < -0.3 is 5.32 Å². The van der Waals surface area contributed by atoms with Crippen LogP contribution in [-0.2, 0) is 17.9 Å². The third-order valence-electron chi connectivity index (χ3n) is 4.64. The van der Waals surface area contributed by atoms with Crippen LogP contribution in [0.1, 0.15) is 28.3 Å². The lowest BCUT2D eigenvalue weighted by Gasteiger charge is -2.08. The van der Waals surface area contributed by atoms with Crippen molar-refractivity contribution in [3.05, 3.63) is 68.8 Å². The zero-order valence-corrected chi connectivity index (χ0v) is 16.3. The average molecular weight is 382 g/mol. The van der Waals surface area contributed by atoms with Gasteiger partial charge in [0.15, 0.2) is 0 Å². The molecule has 3 aromatic rings. The fourth-order valence-electron chi connectivity index (χ4n) is 3.21. The van der Waals surface area contributed by atoms with Gasteiger partial charge in [-0.2, -0.15) is 10.2 Å². The van der Waals surface area contributed by atoms with Crippen LogP contribution in [0.4, 0.5) is 11.4 Å². The largest absolute Gasteiger partial charge is 0.321 e. The molecule has 1 aromatic carbocycles. The van der Waals surface area contributed by atoms with Gasteiger partial charge in [0.1, 0.15) is 17.9 Å². The van der Waals surface area contributed by atoms with E-state index in [-0.39, 0.29) is 18.1 Å². The van der Waals surface area contributed by atoms with Crippen LogP contribution in [0.2, 0.25) is 0 Å². The maximum absolute atomic E-state index is 12.5. The molecule has 2 aromatic heterocycles. The van der Waals surface area contributed by atoms with Gasteiger partial charge in [-0.05, 0) is 33.3 Å². The number of hydrogen-bond acceptors (Lipinski definition) is 5. The summed E-state index contributed by atoms with van der Waals surface area (Å²) in [5, 5.41) is 22.6. The van der Waals surface area contributed by atoms with E-state index in [1.165, 1.54) is 4.68 Å². The Balaban J connectivity index is 1.76. The standard InChI is InChI=1S/C19H22N6O3/c1-12-18(14(3)23(21-12)10-16-8-6-5-7-9-16)20-17(26)11-24-15(4)19(25(27)28)13(2)22-24/h5-9H,10-11H2,1-4H3,(H,20,26). The fraction of sp³-hybridized carbons (Fsp3) is 0.316. The normalized spacial score (nSPS) is 10.9. The minimum atomic E-state index is -0.478. The van der Waals surface area contributed by atoms with Crippen LogP contribution in [0.3, 0.4) is 0 Å². The second kappa shape index (κ2) is 7.63. The van der Waals surface area contributed by atoms with Crippen LogP contribution >= 0.6 is 0 Å². The van der Waals surface area contributed by atoms with Crippen molar-refractivity contribution in [2.75, 3.05) is 5.32 Å². The second-order valence-corrected chi connectivity index (χ2v) is 6.67. The average Bonchev–Trinajstić information content (AvgIpc) is 3.05. The van der Waals surface area contributed by atoms with E-state index < -0.39 is 4.92 Å². The summed E-state index contributed by atoms with van der Waals surface area (Å²) < 4.78 is 3.19. The van der Waals surface area contributed by atoms with Crippen LogP contribution in [-0.4, -0.2) is 30.4 Å². The molecule has 9 nitrogen and oxygen atoms in total. The summed E-state index contributed by atoms with van der Waals surface area (Å²) in [6, 6.07) is 9.93. The van der Waals surface area contributed by atoms with E-state index in [0.717, 1.165) is 11.3 Å². The van der Waals surface area contributed by atoms with Gasteiger partial charge in [0.2, 0.25) is 5.91 Å². The summed E-state index contributed by atoms with van der Waals surface area (Å²) in [7, 11) is 0. The SMILES string of the molecule is Cc1nn(Cc2ccccc2)c(C)c1NC(=O)Cn1nc(C)c([N+](=O)[O-])c1C. The highest BCUT2D eigenvalue weighted by Crippen LogP contribution is 2.23. The highest BCUT2D eigenvalue weighted by Gasteiger charge is 2.23. The van der Waals surface area contributed by atoms with Crippen molar-refractivity contribution in [2.45, 2.75) is 40.8 Å². The summed E-state index contributed by atoms with van der Waals surface area (Å²) >= 11 is 0. The van der Waals surface area contributed by atoms with Crippen molar-refractivity contribution in [1.82, 2.24) is 19.6 Å². The Bertz CT molecular complexity index is 1040. The van der Waals surface area contributed by atoms with Gasteiger partial charge in [-0.15, -0.1) is 0 Å². The second-order valence-electron chi connectivity index (χ2n) is 6.67. The third kappa shape index (κ3) is 3.78. The molecule has 0 atom stereocenters. The Morgan fingerprint density at radius 2 is 1.68 bits per heavy atom. The van der Waals surface area contributed by atoms with Gasteiger partial charge in [0.05, 0.1) is 28.5 Å². The number of amides is 1. The topological polar surface area (TPSA) is 108 Å². The summed E-state index contributed by atoms with van der Waals surface area (Å²) in [5.41, 5.74) is 3.90. The molecule has 0 bridgehead atoms. The molecule has 0 aliphatic rings. The number of aromatic nitrogens is 4. The molecule has 28 heavy (non-hydrogen) atoms. The minimum absolute atomic E-state index is 0.0594. The number of nitro groups is 1. The van der Waals surface area contributed by atoms with Crippen LogP contribution in [0.15, 0.2) is 30.3 Å². The van der Waals surface area contributed by atoms with Crippen LogP contribution < -0.4 is 5.32 Å². The summed E-state index contributed by atoms with van der Waals surface area (Å²) in [4.78, 5) is 23.2. The number of hydrogen-bond donors (Lipinski definition) is 1. The van der Waals surface area contributed by atoms with Gasteiger partial charge in [-0.1, -0.05) is 30.3 Å². The molecule has 0 saturated heterocycles. The molecule has 2 heterocycles. The molecule has 146 valence electrons. The Morgan fingerprint density at radius 3 is 2.29 bits per heavy atom. The lowest BCUT2D eigenvalue weighted by atomic mass is 10.2. The van der Waals surface area contributed by atoms with Crippen LogP contribution in [0.25, 0.3) is 0 Å². The monoisotopic (exact) mass is 382 g/mol. The number of aryl methyl sites for hydroxylation is 2. The van der Waals surface area contributed by atoms with Crippen molar-refractivity contribution in [3.8, 4) is 0 Å². The van der Waals surface area contributed by atoms with Gasteiger partial charge in [-0.25, -0.2) is 0 Å². The molecule has 1 N–H and O–H groups in total. The number of anilines is 1. The van der Waals surface area contributed by atoms with E-state index in [0.29, 0.717) is 29.3 Å². The quantitative estimate of drug-likeness (QED) is 0.521. The number of nitrogens with one attached hydrogen (secondary N) is 1. The van der Waals surface area contributed by atoms with Crippen LogP contribution in [0, 0.1) is 37.8 Å². The molecular formula is C19H22N6O3. The van der Waals surface area contributed by atoms with E-state index in [4.69, 9.17) is 0 Å². The molecule has 3 rings (SSSR count). The molecule has 0 unspecified atom stereocenters. The fourth-order valence-corrected chi connectivity index (χ4v) is 3.21. The van der Waals surface area contributed by atoms with Crippen molar-refractivity contribution in [1.29, 1.82) is 0 Å². The van der Waals surface area contributed by atoms with Gasteiger partial charge in [0, 0.05) is 0 Å². The number of carbonyl (C=O) groups is 1. The number of benzene rings is 1. The Hall–Kier alpha value is -3.49. The first-order chi connectivity index (χ1) is 13.3. The van der Waals surface area contributed by atoms with Crippen LogP contribution in [0.5, 0.6) is 0 Å². The van der Waals surface area contributed by atoms with Gasteiger partial charge in [-0.3, -0.25) is 24.3 Å². The Morgan fingerprint density at radius 1 is 1.04 bits per heavy atom. The zero-order chi connectivity index (χ0) is 20.4. The first kappa shape index (κ1) is 19.3. The Labute approximate surface area is 162 Å². The van der Waals surface area contributed by atoms with E-state index in [2.05, 4.69) is 15.5 Å². The molecule has 0 aliphatic carbocycles. The maximum Gasteiger partial charge on any atom is 0.312 e. The predicted molar refractivity (Wildman–Crippen MR) is 104 cm³/mol. The van der Waals surface area contributed by atoms with Gasteiger partial charge in [0.25, 0.3) is 0 Å². The number of nitrogens with zero attached hydrogens (tertiary/aromatic N) is 5. The Kier molecular flexibility index (Phi) is 5.25. The van der Waals surface area contributed by atoms with E-state index >= 15 is 0 Å². The van der Waals surface area contributed by atoms with Crippen molar-refractivity contribution >= 4 is 17.3 Å². The van der Waals surface area contributed by atoms with E-state index in [1.807, 2.05) is 48.9 Å². The maximum atomic E-state index is 12.5. The first-order valence-electron chi connectivity index (χ1n) is 8.84. The minimum Gasteiger partial charge on any atom is -0.321 e. The smallest absolute Gasteiger partial charge is 0.312 e. The summed E-state index contributed by atoms with van der Waals surface area (Å²) in [6.45, 7) is 7.36. The third-order valence-corrected chi connectivity index (χ3v) is 4.64. The molecule has 0 radical (unpaired) electrons. The van der Waals surface area contributed by atoms with E-state index in [9.17, 15) is 14.9 Å². The lowest BCUT2D eigenvalue weighted by molar-refractivity contribution is -0.386. The number of carbonyl (C=O) groups excluding carboxylic acids is 1. The molecule has 1 amide bonds. The molecule has 0 aliphatic heterocycles. The first-order valence-corrected chi connectivity index (χ1v) is 8.84. The molecule has 9 heteroatoms. The highest BCUT2D eigenvalue weighted by molar-refractivity contribution is 5.91. The number of rotatable bonds is 6. The molecule has 0 fully saturated rings. The van der Waals surface area contributed by atoms with Crippen molar-refractivity contribution < 1.29 is 9.72 Å². The van der Waals surface area contributed by atoms with Crippen molar-refractivity contribution in [2.24, 2.45) is 0 Å².